The summed E-state index contributed by atoms with van der Waals surface area (Å²) in [5, 5.41) is 2.92. The average molecular weight is 387 g/mol. The van der Waals surface area contributed by atoms with Gasteiger partial charge < -0.3 is 24.3 Å². The van der Waals surface area contributed by atoms with Crippen molar-refractivity contribution in [2.45, 2.75) is 33.2 Å². The first-order valence-electron chi connectivity index (χ1n) is 9.52. The lowest BCUT2D eigenvalue weighted by Crippen LogP contribution is -2.23. The van der Waals surface area contributed by atoms with Gasteiger partial charge in [-0.25, -0.2) is 0 Å². The van der Waals surface area contributed by atoms with Crippen molar-refractivity contribution in [3.05, 3.63) is 47.5 Å². The topological polar surface area (TPSA) is 66.0 Å². The second-order valence-corrected chi connectivity index (χ2v) is 6.19. The fourth-order valence-corrected chi connectivity index (χ4v) is 2.68. The number of para-hydroxylation sites is 1. The van der Waals surface area contributed by atoms with E-state index in [0.29, 0.717) is 48.3 Å². The van der Waals surface area contributed by atoms with Gasteiger partial charge >= 0.3 is 0 Å². The van der Waals surface area contributed by atoms with E-state index in [2.05, 4.69) is 5.32 Å². The molecule has 2 rings (SSSR count). The van der Waals surface area contributed by atoms with E-state index < -0.39 is 0 Å². The van der Waals surface area contributed by atoms with Gasteiger partial charge in [0.2, 0.25) is 0 Å². The molecule has 28 heavy (non-hydrogen) atoms. The highest BCUT2D eigenvalue weighted by Gasteiger charge is 2.14. The van der Waals surface area contributed by atoms with Crippen molar-refractivity contribution in [1.29, 1.82) is 0 Å². The number of hydrogen-bond donors (Lipinski definition) is 1. The van der Waals surface area contributed by atoms with Gasteiger partial charge in [-0.15, -0.1) is 0 Å². The van der Waals surface area contributed by atoms with Crippen molar-refractivity contribution >= 4 is 5.91 Å². The lowest BCUT2D eigenvalue weighted by molar-refractivity contribution is 0.0950. The first-order valence-corrected chi connectivity index (χ1v) is 9.52. The van der Waals surface area contributed by atoms with Crippen LogP contribution < -0.4 is 24.3 Å². The third-order valence-corrected chi connectivity index (χ3v) is 4.05. The molecule has 1 amide bonds. The van der Waals surface area contributed by atoms with Crippen molar-refractivity contribution in [3.63, 3.8) is 0 Å². The maximum Gasteiger partial charge on any atom is 0.251 e. The molecule has 152 valence electrons. The number of rotatable bonds is 11. The number of benzene rings is 2. The number of amides is 1. The second kappa shape index (κ2) is 11.1. The van der Waals surface area contributed by atoms with Gasteiger partial charge in [-0.2, -0.15) is 0 Å². The highest BCUT2D eigenvalue weighted by Crippen LogP contribution is 2.31. The van der Waals surface area contributed by atoms with Gasteiger partial charge in [0.05, 0.1) is 27.4 Å². The van der Waals surface area contributed by atoms with E-state index in [1.807, 2.05) is 32.0 Å². The molecule has 2 aromatic rings. The number of carbonyl (C=O) groups excluding carboxylic acids is 1. The Morgan fingerprint density at radius 3 is 2.25 bits per heavy atom. The smallest absolute Gasteiger partial charge is 0.251 e. The van der Waals surface area contributed by atoms with Crippen LogP contribution in [0.25, 0.3) is 0 Å². The molecule has 6 nitrogen and oxygen atoms in total. The first-order chi connectivity index (χ1) is 13.6. The Labute approximate surface area is 166 Å². The van der Waals surface area contributed by atoms with Crippen LogP contribution in [-0.4, -0.2) is 33.3 Å². The minimum absolute atomic E-state index is 0.201. The fourth-order valence-electron chi connectivity index (χ4n) is 2.68. The summed E-state index contributed by atoms with van der Waals surface area (Å²) in [4.78, 5) is 12.6. The van der Waals surface area contributed by atoms with Crippen LogP contribution in [0.15, 0.2) is 36.4 Å². The van der Waals surface area contributed by atoms with Gasteiger partial charge in [0.1, 0.15) is 0 Å². The molecule has 0 atom stereocenters. The molecular formula is C22H29NO5. The minimum Gasteiger partial charge on any atom is -0.493 e. The molecule has 0 aliphatic rings. The third-order valence-electron chi connectivity index (χ3n) is 4.05. The van der Waals surface area contributed by atoms with Crippen LogP contribution in [0, 0.1) is 0 Å². The van der Waals surface area contributed by atoms with Gasteiger partial charge in [0.15, 0.2) is 23.0 Å². The highest BCUT2D eigenvalue weighted by atomic mass is 16.5. The van der Waals surface area contributed by atoms with Crippen LogP contribution in [0.5, 0.6) is 23.0 Å². The molecule has 1 N–H and O–H groups in total. The van der Waals surface area contributed by atoms with Crippen molar-refractivity contribution in [3.8, 4) is 23.0 Å². The van der Waals surface area contributed by atoms with E-state index in [1.165, 1.54) is 0 Å². The number of carbonyl (C=O) groups is 1. The summed E-state index contributed by atoms with van der Waals surface area (Å²) in [5.41, 5.74) is 1.34. The SMILES string of the molecule is CCCOc1ccc(C(=O)NCc2cccc(OC)c2OC)cc1OCCC. The normalized spacial score (nSPS) is 10.3. The van der Waals surface area contributed by atoms with Gasteiger partial charge in [0.25, 0.3) is 5.91 Å². The predicted molar refractivity (Wildman–Crippen MR) is 109 cm³/mol. The fraction of sp³-hybridized carbons (Fsp3) is 0.409. The number of nitrogens with one attached hydrogen (secondary N) is 1. The van der Waals surface area contributed by atoms with Crippen molar-refractivity contribution in [2.24, 2.45) is 0 Å². The Balaban J connectivity index is 2.13. The van der Waals surface area contributed by atoms with Crippen LogP contribution in [0.2, 0.25) is 0 Å². The molecule has 0 unspecified atom stereocenters. The summed E-state index contributed by atoms with van der Waals surface area (Å²) in [5.74, 6) is 2.28. The molecule has 0 bridgehead atoms. The maximum absolute atomic E-state index is 12.6. The second-order valence-electron chi connectivity index (χ2n) is 6.19. The molecule has 0 fully saturated rings. The molecule has 0 aliphatic heterocycles. The monoisotopic (exact) mass is 387 g/mol. The summed E-state index contributed by atoms with van der Waals surface area (Å²) in [6.07, 6.45) is 1.77. The Bertz CT molecular complexity index is 776. The molecular weight excluding hydrogens is 358 g/mol. The molecule has 0 spiro atoms. The van der Waals surface area contributed by atoms with Gasteiger partial charge in [-0.3, -0.25) is 4.79 Å². The zero-order chi connectivity index (χ0) is 20.4. The summed E-state index contributed by atoms with van der Waals surface area (Å²) in [6, 6.07) is 10.8. The number of ether oxygens (including phenoxy) is 4. The average Bonchev–Trinajstić information content (AvgIpc) is 2.74. The summed E-state index contributed by atoms with van der Waals surface area (Å²) >= 11 is 0. The highest BCUT2D eigenvalue weighted by molar-refractivity contribution is 5.94. The van der Waals surface area contributed by atoms with Gasteiger partial charge in [-0.1, -0.05) is 26.0 Å². The predicted octanol–water partition coefficient (Wildman–Crippen LogP) is 4.21. The standard InChI is InChI=1S/C22H29NO5/c1-5-12-27-18-11-10-16(14-20(18)28-13-6-2)22(24)23-15-17-8-7-9-19(25-3)21(17)26-4/h7-11,14H,5-6,12-13,15H2,1-4H3,(H,23,24). The van der Waals surface area contributed by atoms with Crippen LogP contribution in [-0.2, 0) is 6.54 Å². The van der Waals surface area contributed by atoms with Gasteiger partial charge in [-0.05, 0) is 37.1 Å². The van der Waals surface area contributed by atoms with E-state index in [-0.39, 0.29) is 5.91 Å². The molecule has 0 heterocycles. The van der Waals surface area contributed by atoms with E-state index in [9.17, 15) is 4.79 Å². The van der Waals surface area contributed by atoms with E-state index >= 15 is 0 Å². The molecule has 0 aliphatic carbocycles. The lowest BCUT2D eigenvalue weighted by Gasteiger charge is -2.15. The van der Waals surface area contributed by atoms with Crippen LogP contribution in [0.1, 0.15) is 42.6 Å². The van der Waals surface area contributed by atoms with Crippen molar-refractivity contribution < 1.29 is 23.7 Å². The summed E-state index contributed by atoms with van der Waals surface area (Å²) < 4.78 is 22.2. The molecule has 0 aromatic heterocycles. The zero-order valence-corrected chi connectivity index (χ0v) is 17.0. The molecule has 6 heteroatoms. The van der Waals surface area contributed by atoms with E-state index in [1.54, 1.807) is 32.4 Å². The van der Waals surface area contributed by atoms with Crippen molar-refractivity contribution in [2.75, 3.05) is 27.4 Å². The first kappa shape index (κ1) is 21.4. The Kier molecular flexibility index (Phi) is 8.46. The van der Waals surface area contributed by atoms with Crippen LogP contribution in [0.3, 0.4) is 0 Å². The summed E-state index contributed by atoms with van der Waals surface area (Å²) in [7, 11) is 3.16. The Hall–Kier alpha value is -2.89. The minimum atomic E-state index is -0.201. The summed E-state index contributed by atoms with van der Waals surface area (Å²) in [6.45, 7) is 5.56. The van der Waals surface area contributed by atoms with Gasteiger partial charge in [0, 0.05) is 17.7 Å². The zero-order valence-electron chi connectivity index (χ0n) is 17.0. The Morgan fingerprint density at radius 1 is 0.893 bits per heavy atom. The van der Waals surface area contributed by atoms with Crippen LogP contribution >= 0.6 is 0 Å². The number of methoxy groups -OCH3 is 2. The van der Waals surface area contributed by atoms with Crippen LogP contribution in [0.4, 0.5) is 0 Å². The van der Waals surface area contributed by atoms with E-state index in [0.717, 1.165) is 18.4 Å². The Morgan fingerprint density at radius 2 is 1.61 bits per heavy atom. The molecule has 0 radical (unpaired) electrons. The number of hydrogen-bond acceptors (Lipinski definition) is 5. The lowest BCUT2D eigenvalue weighted by atomic mass is 10.1. The quantitative estimate of drug-likeness (QED) is 0.626. The maximum atomic E-state index is 12.6. The molecule has 0 saturated carbocycles. The van der Waals surface area contributed by atoms with E-state index in [4.69, 9.17) is 18.9 Å². The molecule has 0 saturated heterocycles. The third kappa shape index (κ3) is 5.55. The van der Waals surface area contributed by atoms with Crippen molar-refractivity contribution in [1.82, 2.24) is 5.32 Å². The largest absolute Gasteiger partial charge is 0.493 e. The molecule has 2 aromatic carbocycles.